The first-order valence-electron chi connectivity index (χ1n) is 6.86. The zero-order valence-corrected chi connectivity index (χ0v) is 13.4. The van der Waals surface area contributed by atoms with Gasteiger partial charge in [0.2, 0.25) is 0 Å². The molecule has 5 heteroatoms. The van der Waals surface area contributed by atoms with Crippen LogP contribution in [0.3, 0.4) is 0 Å². The van der Waals surface area contributed by atoms with Gasteiger partial charge in [0, 0.05) is 5.69 Å². The molecule has 0 aliphatic heterocycles. The molecule has 1 atom stereocenters. The molecule has 0 aliphatic rings. The summed E-state index contributed by atoms with van der Waals surface area (Å²) >= 11 is 5.68. The SMILES string of the molecule is Cc1cc(C)cc(O[C@H](C)C(=O)Nc2ccc(F)c(Cl)c2)c1. The molecule has 1 amide bonds. The first-order chi connectivity index (χ1) is 10.3. The molecule has 0 bridgehead atoms. The number of ether oxygens (including phenoxy) is 1. The monoisotopic (exact) mass is 321 g/mol. The minimum Gasteiger partial charge on any atom is -0.481 e. The van der Waals surface area contributed by atoms with Gasteiger partial charge in [0.05, 0.1) is 5.02 Å². The number of anilines is 1. The van der Waals surface area contributed by atoms with E-state index in [9.17, 15) is 9.18 Å². The van der Waals surface area contributed by atoms with Crippen LogP contribution < -0.4 is 10.1 Å². The Hall–Kier alpha value is -2.07. The number of aryl methyl sites for hydroxylation is 2. The molecular weight excluding hydrogens is 305 g/mol. The number of amides is 1. The molecule has 2 aromatic rings. The van der Waals surface area contributed by atoms with Crippen LogP contribution in [0.1, 0.15) is 18.1 Å². The van der Waals surface area contributed by atoms with Crippen LogP contribution in [0.25, 0.3) is 0 Å². The van der Waals surface area contributed by atoms with E-state index in [2.05, 4.69) is 5.32 Å². The minimum atomic E-state index is -0.690. The fourth-order valence-corrected chi connectivity index (χ4v) is 2.26. The second kappa shape index (κ2) is 6.79. The van der Waals surface area contributed by atoms with E-state index in [4.69, 9.17) is 16.3 Å². The lowest BCUT2D eigenvalue weighted by Crippen LogP contribution is -2.30. The molecule has 2 aromatic carbocycles. The zero-order valence-electron chi connectivity index (χ0n) is 12.6. The Bertz CT molecular complexity index is 683. The summed E-state index contributed by atoms with van der Waals surface area (Å²) < 4.78 is 18.7. The van der Waals surface area contributed by atoms with Crippen molar-refractivity contribution in [1.29, 1.82) is 0 Å². The Morgan fingerprint density at radius 2 is 1.82 bits per heavy atom. The highest BCUT2D eigenvalue weighted by atomic mass is 35.5. The summed E-state index contributed by atoms with van der Waals surface area (Å²) in [4.78, 5) is 12.1. The van der Waals surface area contributed by atoms with E-state index in [1.807, 2.05) is 32.0 Å². The third kappa shape index (κ3) is 4.21. The molecular formula is C17H17ClFNO2. The van der Waals surface area contributed by atoms with Gasteiger partial charge in [0.25, 0.3) is 5.91 Å². The Morgan fingerprint density at radius 3 is 2.41 bits per heavy atom. The van der Waals surface area contributed by atoms with Crippen LogP contribution in [0, 0.1) is 19.7 Å². The van der Waals surface area contributed by atoms with Gasteiger partial charge in [-0.15, -0.1) is 0 Å². The van der Waals surface area contributed by atoms with Gasteiger partial charge in [-0.3, -0.25) is 4.79 Å². The molecule has 0 radical (unpaired) electrons. The van der Waals surface area contributed by atoms with E-state index < -0.39 is 11.9 Å². The van der Waals surface area contributed by atoms with Gasteiger partial charge < -0.3 is 10.1 Å². The normalized spacial score (nSPS) is 11.9. The maximum Gasteiger partial charge on any atom is 0.265 e. The van der Waals surface area contributed by atoms with Crippen LogP contribution in [0.2, 0.25) is 5.02 Å². The van der Waals surface area contributed by atoms with E-state index in [0.717, 1.165) is 11.1 Å². The van der Waals surface area contributed by atoms with E-state index in [1.165, 1.54) is 18.2 Å². The third-order valence-electron chi connectivity index (χ3n) is 3.06. The largest absolute Gasteiger partial charge is 0.481 e. The zero-order chi connectivity index (χ0) is 16.3. The van der Waals surface area contributed by atoms with E-state index >= 15 is 0 Å². The van der Waals surface area contributed by atoms with Crippen molar-refractivity contribution in [3.63, 3.8) is 0 Å². The molecule has 0 aliphatic carbocycles. The van der Waals surface area contributed by atoms with Crippen molar-refractivity contribution in [3.05, 3.63) is 58.4 Å². The van der Waals surface area contributed by atoms with Crippen LogP contribution in [-0.2, 0) is 4.79 Å². The first kappa shape index (κ1) is 16.3. The number of nitrogens with one attached hydrogen (secondary N) is 1. The Labute approximate surface area is 134 Å². The molecule has 1 N–H and O–H groups in total. The molecule has 22 heavy (non-hydrogen) atoms. The summed E-state index contributed by atoms with van der Waals surface area (Å²) in [5.74, 6) is -0.224. The van der Waals surface area contributed by atoms with Gasteiger partial charge in [0.15, 0.2) is 6.10 Å². The van der Waals surface area contributed by atoms with E-state index in [0.29, 0.717) is 11.4 Å². The number of halogens is 2. The maximum absolute atomic E-state index is 13.1. The topological polar surface area (TPSA) is 38.3 Å². The number of benzene rings is 2. The van der Waals surface area contributed by atoms with Crippen LogP contribution in [-0.4, -0.2) is 12.0 Å². The van der Waals surface area contributed by atoms with Crippen molar-refractivity contribution in [3.8, 4) is 5.75 Å². The highest BCUT2D eigenvalue weighted by Crippen LogP contribution is 2.21. The van der Waals surface area contributed by atoms with Crippen LogP contribution in [0.5, 0.6) is 5.75 Å². The Morgan fingerprint density at radius 1 is 1.18 bits per heavy atom. The van der Waals surface area contributed by atoms with Crippen molar-refractivity contribution in [2.75, 3.05) is 5.32 Å². The van der Waals surface area contributed by atoms with Gasteiger partial charge in [-0.25, -0.2) is 4.39 Å². The number of hydrogen-bond donors (Lipinski definition) is 1. The summed E-state index contributed by atoms with van der Waals surface area (Å²) in [5.41, 5.74) is 2.55. The summed E-state index contributed by atoms with van der Waals surface area (Å²) in [5, 5.41) is 2.60. The number of carbonyl (C=O) groups excluding carboxylic acids is 1. The summed E-state index contributed by atoms with van der Waals surface area (Å²) in [6.45, 7) is 5.58. The van der Waals surface area contributed by atoms with Crippen LogP contribution >= 0.6 is 11.6 Å². The third-order valence-corrected chi connectivity index (χ3v) is 3.35. The average molecular weight is 322 g/mol. The summed E-state index contributed by atoms with van der Waals surface area (Å²) in [7, 11) is 0. The predicted molar refractivity (Wildman–Crippen MR) is 86.0 cm³/mol. The number of carbonyl (C=O) groups is 1. The highest BCUT2D eigenvalue weighted by molar-refractivity contribution is 6.31. The van der Waals surface area contributed by atoms with Crippen LogP contribution in [0.4, 0.5) is 10.1 Å². The van der Waals surface area contributed by atoms with E-state index in [-0.39, 0.29) is 10.9 Å². The van der Waals surface area contributed by atoms with Crippen LogP contribution in [0.15, 0.2) is 36.4 Å². The summed E-state index contributed by atoms with van der Waals surface area (Å²) in [6.07, 6.45) is -0.690. The molecule has 0 unspecified atom stereocenters. The van der Waals surface area contributed by atoms with Crippen molar-refractivity contribution in [2.45, 2.75) is 26.9 Å². The van der Waals surface area contributed by atoms with Gasteiger partial charge in [-0.2, -0.15) is 0 Å². The van der Waals surface area contributed by atoms with Gasteiger partial charge in [-0.1, -0.05) is 17.7 Å². The standard InChI is InChI=1S/C17H17ClFNO2/c1-10-6-11(2)8-14(7-10)22-12(3)17(21)20-13-4-5-16(19)15(18)9-13/h4-9,12H,1-3H3,(H,20,21)/t12-/m1/s1. The van der Waals surface area contributed by atoms with E-state index in [1.54, 1.807) is 6.92 Å². The van der Waals surface area contributed by atoms with Gasteiger partial charge >= 0.3 is 0 Å². The minimum absolute atomic E-state index is 0.0410. The molecule has 0 aromatic heterocycles. The van der Waals surface area contributed by atoms with Crippen molar-refractivity contribution >= 4 is 23.2 Å². The maximum atomic E-state index is 13.1. The fourth-order valence-electron chi connectivity index (χ4n) is 2.08. The van der Waals surface area contributed by atoms with Gasteiger partial charge in [0.1, 0.15) is 11.6 Å². The lowest BCUT2D eigenvalue weighted by molar-refractivity contribution is -0.122. The predicted octanol–water partition coefficient (Wildman–Crippen LogP) is 4.50. The Kier molecular flexibility index (Phi) is 5.03. The molecule has 0 fully saturated rings. The van der Waals surface area contributed by atoms with Crippen molar-refractivity contribution < 1.29 is 13.9 Å². The smallest absolute Gasteiger partial charge is 0.265 e. The first-order valence-corrected chi connectivity index (χ1v) is 7.24. The highest BCUT2D eigenvalue weighted by Gasteiger charge is 2.15. The molecule has 0 spiro atoms. The second-order valence-corrected chi connectivity index (χ2v) is 5.61. The molecule has 0 saturated carbocycles. The Balaban J connectivity index is 2.04. The lowest BCUT2D eigenvalue weighted by Gasteiger charge is -2.16. The quantitative estimate of drug-likeness (QED) is 0.900. The van der Waals surface area contributed by atoms with Crippen molar-refractivity contribution in [1.82, 2.24) is 0 Å². The molecule has 0 saturated heterocycles. The molecule has 3 nitrogen and oxygen atoms in total. The number of rotatable bonds is 4. The van der Waals surface area contributed by atoms with Gasteiger partial charge in [-0.05, 0) is 62.2 Å². The molecule has 0 heterocycles. The average Bonchev–Trinajstić information content (AvgIpc) is 2.41. The second-order valence-electron chi connectivity index (χ2n) is 5.20. The fraction of sp³-hybridized carbons (Fsp3) is 0.235. The lowest BCUT2D eigenvalue weighted by atomic mass is 10.1. The number of hydrogen-bond acceptors (Lipinski definition) is 2. The summed E-state index contributed by atoms with van der Waals surface area (Å²) in [6, 6.07) is 9.77. The van der Waals surface area contributed by atoms with Crippen molar-refractivity contribution in [2.24, 2.45) is 0 Å². The molecule has 116 valence electrons. The molecule has 2 rings (SSSR count).